The Bertz CT molecular complexity index is 557. The summed E-state index contributed by atoms with van der Waals surface area (Å²) in [7, 11) is 2.18. The third-order valence-corrected chi connectivity index (χ3v) is 3.67. The molecule has 0 radical (unpaired) electrons. The Labute approximate surface area is 103 Å². The summed E-state index contributed by atoms with van der Waals surface area (Å²) in [4.78, 5) is 2.34. The van der Waals surface area contributed by atoms with Crippen LogP contribution in [-0.2, 0) is 12.8 Å². The second-order valence-electron chi connectivity index (χ2n) is 4.77. The van der Waals surface area contributed by atoms with Gasteiger partial charge in [-0.25, -0.2) is 0 Å². The maximum Gasteiger partial charge on any atom is 0.0470 e. The number of nitrogens with zero attached hydrogens (tertiary/aromatic N) is 1. The third kappa shape index (κ3) is 1.62. The van der Waals surface area contributed by atoms with Crippen molar-refractivity contribution in [2.24, 2.45) is 0 Å². The molecule has 0 bridgehead atoms. The van der Waals surface area contributed by atoms with Crippen molar-refractivity contribution in [3.8, 4) is 0 Å². The van der Waals surface area contributed by atoms with Crippen LogP contribution >= 0.6 is 0 Å². The molecule has 3 rings (SSSR count). The van der Waals surface area contributed by atoms with Gasteiger partial charge in [-0.2, -0.15) is 0 Å². The van der Waals surface area contributed by atoms with E-state index < -0.39 is 0 Å². The molecule has 86 valence electrons. The lowest BCUT2D eigenvalue weighted by molar-refractivity contribution is 0.976. The molecule has 0 unspecified atom stereocenters. The monoisotopic (exact) mass is 223 g/mol. The van der Waals surface area contributed by atoms with Gasteiger partial charge in [-0.3, -0.25) is 0 Å². The molecule has 0 aliphatic carbocycles. The molecule has 0 amide bonds. The van der Waals surface area contributed by atoms with Crippen molar-refractivity contribution in [2.75, 3.05) is 11.9 Å². The van der Waals surface area contributed by atoms with Crippen LogP contribution in [0.1, 0.15) is 16.7 Å². The molecule has 1 heterocycles. The summed E-state index contributed by atoms with van der Waals surface area (Å²) in [6, 6.07) is 15.3. The highest BCUT2D eigenvalue weighted by molar-refractivity contribution is 5.72. The van der Waals surface area contributed by atoms with Crippen LogP contribution < -0.4 is 4.90 Å². The smallest absolute Gasteiger partial charge is 0.0470 e. The van der Waals surface area contributed by atoms with Crippen molar-refractivity contribution in [3.63, 3.8) is 0 Å². The highest BCUT2D eigenvalue weighted by Gasteiger charge is 2.18. The number of anilines is 2. The summed E-state index contributed by atoms with van der Waals surface area (Å²) < 4.78 is 0. The molecule has 1 aliphatic heterocycles. The SMILES string of the molecule is Cc1cccc2c1N(C)c1ccccc1CC2. The Hall–Kier alpha value is -1.76. The minimum absolute atomic E-state index is 1.14. The van der Waals surface area contributed by atoms with Gasteiger partial charge >= 0.3 is 0 Å². The van der Waals surface area contributed by atoms with Gasteiger partial charge in [0.2, 0.25) is 0 Å². The summed E-state index contributed by atoms with van der Waals surface area (Å²) in [5, 5.41) is 0. The number of benzene rings is 2. The number of hydrogen-bond acceptors (Lipinski definition) is 1. The molecule has 1 nitrogen and oxygen atoms in total. The maximum absolute atomic E-state index is 2.34. The fourth-order valence-electron chi connectivity index (χ4n) is 2.84. The average molecular weight is 223 g/mol. The van der Waals surface area contributed by atoms with Crippen molar-refractivity contribution in [3.05, 3.63) is 59.2 Å². The lowest BCUT2D eigenvalue weighted by Crippen LogP contribution is -2.12. The lowest BCUT2D eigenvalue weighted by atomic mass is 10.0. The fourth-order valence-corrected chi connectivity index (χ4v) is 2.84. The molecule has 0 saturated carbocycles. The summed E-state index contributed by atoms with van der Waals surface area (Å²) >= 11 is 0. The minimum atomic E-state index is 1.14. The van der Waals surface area contributed by atoms with E-state index in [4.69, 9.17) is 0 Å². The van der Waals surface area contributed by atoms with Gasteiger partial charge in [0.15, 0.2) is 0 Å². The summed E-state index contributed by atoms with van der Waals surface area (Å²) in [5.41, 5.74) is 7.01. The number of aryl methyl sites for hydroxylation is 3. The largest absolute Gasteiger partial charge is 0.344 e. The molecule has 2 aromatic carbocycles. The van der Waals surface area contributed by atoms with Crippen LogP contribution in [-0.4, -0.2) is 7.05 Å². The van der Waals surface area contributed by atoms with Gasteiger partial charge < -0.3 is 4.90 Å². The predicted octanol–water partition coefficient (Wildman–Crippen LogP) is 3.86. The Balaban J connectivity index is 2.22. The zero-order chi connectivity index (χ0) is 11.8. The van der Waals surface area contributed by atoms with Crippen LogP contribution in [0.4, 0.5) is 11.4 Å². The van der Waals surface area contributed by atoms with Crippen LogP contribution in [0, 0.1) is 6.92 Å². The second kappa shape index (κ2) is 3.92. The Morgan fingerprint density at radius 3 is 2.47 bits per heavy atom. The number of hydrogen-bond donors (Lipinski definition) is 0. The number of fused-ring (bicyclic) bond motifs is 2. The first kappa shape index (κ1) is 10.4. The van der Waals surface area contributed by atoms with Gasteiger partial charge in [-0.1, -0.05) is 36.4 Å². The Morgan fingerprint density at radius 2 is 1.59 bits per heavy atom. The summed E-state index contributed by atoms with van der Waals surface area (Å²) in [6.45, 7) is 2.20. The maximum atomic E-state index is 2.34. The highest BCUT2D eigenvalue weighted by atomic mass is 15.1. The molecule has 0 spiro atoms. The van der Waals surface area contributed by atoms with Crippen LogP contribution in [0.25, 0.3) is 0 Å². The molecular formula is C16H17N. The Kier molecular flexibility index (Phi) is 2.40. The van der Waals surface area contributed by atoms with Crippen LogP contribution in [0.5, 0.6) is 0 Å². The first-order valence-corrected chi connectivity index (χ1v) is 6.17. The van der Waals surface area contributed by atoms with E-state index in [2.05, 4.69) is 61.3 Å². The first-order chi connectivity index (χ1) is 8.27. The molecule has 0 saturated heterocycles. The average Bonchev–Trinajstić information content (AvgIpc) is 2.49. The van der Waals surface area contributed by atoms with E-state index in [0.29, 0.717) is 0 Å². The molecular weight excluding hydrogens is 206 g/mol. The highest BCUT2D eigenvalue weighted by Crippen LogP contribution is 2.36. The normalized spacial score (nSPS) is 13.9. The zero-order valence-corrected chi connectivity index (χ0v) is 10.4. The van der Waals surface area contributed by atoms with Gasteiger partial charge in [-0.05, 0) is 42.5 Å². The predicted molar refractivity (Wildman–Crippen MR) is 73.1 cm³/mol. The molecule has 1 heteroatoms. The minimum Gasteiger partial charge on any atom is -0.344 e. The zero-order valence-electron chi connectivity index (χ0n) is 10.4. The van der Waals surface area contributed by atoms with E-state index in [9.17, 15) is 0 Å². The van der Waals surface area contributed by atoms with Crippen molar-refractivity contribution in [2.45, 2.75) is 19.8 Å². The molecule has 2 aromatic rings. The molecule has 0 atom stereocenters. The van der Waals surface area contributed by atoms with Gasteiger partial charge in [-0.15, -0.1) is 0 Å². The molecule has 0 N–H and O–H groups in total. The molecule has 1 aliphatic rings. The second-order valence-corrected chi connectivity index (χ2v) is 4.77. The van der Waals surface area contributed by atoms with Crippen LogP contribution in [0.3, 0.4) is 0 Å². The molecule has 0 aromatic heterocycles. The van der Waals surface area contributed by atoms with E-state index in [1.165, 1.54) is 28.1 Å². The third-order valence-electron chi connectivity index (χ3n) is 3.67. The summed E-state index contributed by atoms with van der Waals surface area (Å²) in [5.74, 6) is 0. The quantitative estimate of drug-likeness (QED) is 0.655. The van der Waals surface area contributed by atoms with Gasteiger partial charge in [0.05, 0.1) is 0 Å². The lowest BCUT2D eigenvalue weighted by Gasteiger charge is -2.23. The van der Waals surface area contributed by atoms with E-state index in [1.54, 1.807) is 0 Å². The molecule has 0 fully saturated rings. The van der Waals surface area contributed by atoms with E-state index in [1.807, 2.05) is 0 Å². The van der Waals surface area contributed by atoms with Crippen LogP contribution in [0.15, 0.2) is 42.5 Å². The van der Waals surface area contributed by atoms with Gasteiger partial charge in [0.25, 0.3) is 0 Å². The van der Waals surface area contributed by atoms with Crippen molar-refractivity contribution >= 4 is 11.4 Å². The van der Waals surface area contributed by atoms with Crippen molar-refractivity contribution < 1.29 is 0 Å². The standard InChI is InChI=1S/C16H17N/c1-12-6-5-8-14-11-10-13-7-3-4-9-15(13)17(2)16(12)14/h3-9H,10-11H2,1-2H3. The van der Waals surface area contributed by atoms with Crippen LogP contribution in [0.2, 0.25) is 0 Å². The van der Waals surface area contributed by atoms with Gasteiger partial charge in [0.1, 0.15) is 0 Å². The number of para-hydroxylation sites is 2. The van der Waals surface area contributed by atoms with Crippen molar-refractivity contribution in [1.82, 2.24) is 0 Å². The molecule has 17 heavy (non-hydrogen) atoms. The Morgan fingerprint density at radius 1 is 0.882 bits per heavy atom. The van der Waals surface area contributed by atoms with E-state index >= 15 is 0 Å². The van der Waals surface area contributed by atoms with Gasteiger partial charge in [0, 0.05) is 18.4 Å². The summed E-state index contributed by atoms with van der Waals surface area (Å²) in [6.07, 6.45) is 2.27. The first-order valence-electron chi connectivity index (χ1n) is 6.17. The van der Waals surface area contributed by atoms with E-state index in [0.717, 1.165) is 12.8 Å². The topological polar surface area (TPSA) is 3.24 Å². The fraction of sp³-hybridized carbons (Fsp3) is 0.250. The number of rotatable bonds is 0. The van der Waals surface area contributed by atoms with E-state index in [-0.39, 0.29) is 0 Å². The van der Waals surface area contributed by atoms with Crippen molar-refractivity contribution in [1.29, 1.82) is 0 Å².